The molecule has 0 amide bonds. The van der Waals surface area contributed by atoms with Crippen LogP contribution in [0.5, 0.6) is 0 Å². The second-order valence-corrected chi connectivity index (χ2v) is 10.0. The van der Waals surface area contributed by atoms with Gasteiger partial charge in [0, 0.05) is 31.0 Å². The van der Waals surface area contributed by atoms with Crippen LogP contribution in [-0.4, -0.2) is 35.3 Å². The van der Waals surface area contributed by atoms with Crippen molar-refractivity contribution in [3.05, 3.63) is 71.3 Å². The lowest BCUT2D eigenvalue weighted by atomic mass is 9.80. The fourth-order valence-electron chi connectivity index (χ4n) is 4.73. The average molecular weight is 440 g/mol. The van der Waals surface area contributed by atoms with Gasteiger partial charge >= 0.3 is 5.97 Å². The predicted octanol–water partition coefficient (Wildman–Crippen LogP) is 6.27. The molecule has 2 atom stereocenters. The Morgan fingerprint density at radius 3 is 1.88 bits per heavy atom. The van der Waals surface area contributed by atoms with E-state index in [2.05, 4.69) is 63.9 Å². The van der Waals surface area contributed by atoms with E-state index in [0.29, 0.717) is 18.4 Å². The standard InChI is InChI=1S/C27H37NO4/c1-19(30-7)21-13-15-22(16-14-21)20(2)32-28-26(3,4)17-24(18-27(28,5)6)31-25(29)23-11-9-8-10-12-23/h8-16,19-20,24H,17-18H2,1-7H3. The van der Waals surface area contributed by atoms with Crippen molar-refractivity contribution in [2.75, 3.05) is 7.11 Å². The number of carbonyl (C=O) groups excluding carboxylic acids is 1. The molecule has 5 nitrogen and oxygen atoms in total. The zero-order valence-corrected chi connectivity index (χ0v) is 20.4. The summed E-state index contributed by atoms with van der Waals surface area (Å²) in [5, 5.41) is 2.10. The first kappa shape index (κ1) is 24.4. The summed E-state index contributed by atoms with van der Waals surface area (Å²) in [6.07, 6.45) is 1.19. The highest BCUT2D eigenvalue weighted by atomic mass is 16.7. The van der Waals surface area contributed by atoms with Crippen LogP contribution in [0.2, 0.25) is 0 Å². The van der Waals surface area contributed by atoms with Gasteiger partial charge in [-0.15, -0.1) is 0 Å². The summed E-state index contributed by atoms with van der Waals surface area (Å²) in [7, 11) is 1.72. The average Bonchev–Trinajstić information content (AvgIpc) is 2.75. The van der Waals surface area contributed by atoms with Crippen molar-refractivity contribution in [1.82, 2.24) is 5.06 Å². The molecule has 0 radical (unpaired) electrons. The molecule has 0 aliphatic carbocycles. The molecule has 0 N–H and O–H groups in total. The van der Waals surface area contributed by atoms with Gasteiger partial charge in [-0.25, -0.2) is 4.79 Å². The molecule has 174 valence electrons. The van der Waals surface area contributed by atoms with Gasteiger partial charge in [-0.3, -0.25) is 4.84 Å². The number of rotatable bonds is 7. The molecule has 2 aromatic rings. The molecule has 3 rings (SSSR count). The van der Waals surface area contributed by atoms with Crippen molar-refractivity contribution in [1.29, 1.82) is 0 Å². The predicted molar refractivity (Wildman–Crippen MR) is 126 cm³/mol. The molecule has 0 spiro atoms. The van der Waals surface area contributed by atoms with Crippen LogP contribution in [0.3, 0.4) is 0 Å². The van der Waals surface area contributed by atoms with E-state index in [4.69, 9.17) is 14.3 Å². The molecule has 1 fully saturated rings. The molecule has 1 saturated heterocycles. The Morgan fingerprint density at radius 2 is 1.38 bits per heavy atom. The fraction of sp³-hybridized carbons (Fsp3) is 0.519. The van der Waals surface area contributed by atoms with Crippen LogP contribution < -0.4 is 0 Å². The minimum atomic E-state index is -0.303. The molecule has 5 heteroatoms. The Bertz CT molecular complexity index is 874. The van der Waals surface area contributed by atoms with Gasteiger partial charge in [0.15, 0.2) is 0 Å². The second kappa shape index (κ2) is 9.74. The summed E-state index contributed by atoms with van der Waals surface area (Å²) in [4.78, 5) is 19.1. The topological polar surface area (TPSA) is 48.0 Å². The number of piperidine rings is 1. The largest absolute Gasteiger partial charge is 0.459 e. The van der Waals surface area contributed by atoms with Crippen LogP contribution in [0.25, 0.3) is 0 Å². The van der Waals surface area contributed by atoms with Crippen LogP contribution in [-0.2, 0) is 14.3 Å². The normalized spacial score (nSPS) is 20.5. The van der Waals surface area contributed by atoms with Gasteiger partial charge in [0.1, 0.15) is 12.2 Å². The number of benzene rings is 2. The van der Waals surface area contributed by atoms with E-state index in [-0.39, 0.29) is 35.4 Å². The first-order chi connectivity index (χ1) is 15.0. The van der Waals surface area contributed by atoms with E-state index in [1.807, 2.05) is 25.1 Å². The number of esters is 1. The quantitative estimate of drug-likeness (QED) is 0.476. The Labute approximate surface area is 192 Å². The minimum absolute atomic E-state index is 0.0655. The zero-order chi connectivity index (χ0) is 23.5. The molecule has 0 saturated carbocycles. The maximum atomic E-state index is 12.6. The van der Waals surface area contributed by atoms with Gasteiger partial charge in [0.05, 0.1) is 11.7 Å². The van der Waals surface area contributed by atoms with Gasteiger partial charge in [-0.2, -0.15) is 5.06 Å². The summed E-state index contributed by atoms with van der Waals surface area (Å²) < 4.78 is 11.3. The smallest absolute Gasteiger partial charge is 0.338 e. The van der Waals surface area contributed by atoms with E-state index in [0.717, 1.165) is 11.1 Å². The number of methoxy groups -OCH3 is 1. The van der Waals surface area contributed by atoms with Gasteiger partial charge in [-0.05, 0) is 64.8 Å². The van der Waals surface area contributed by atoms with Crippen LogP contribution in [0, 0.1) is 0 Å². The number of nitrogens with zero attached hydrogens (tertiary/aromatic N) is 1. The molecular weight excluding hydrogens is 402 g/mol. The Balaban J connectivity index is 1.69. The summed E-state index contributed by atoms with van der Waals surface area (Å²) in [6, 6.07) is 17.6. The van der Waals surface area contributed by atoms with Crippen LogP contribution in [0.4, 0.5) is 0 Å². The van der Waals surface area contributed by atoms with Crippen molar-refractivity contribution in [2.45, 2.75) is 83.8 Å². The second-order valence-electron chi connectivity index (χ2n) is 10.0. The molecule has 1 aliphatic heterocycles. The molecule has 1 aliphatic rings. The third-order valence-corrected chi connectivity index (χ3v) is 6.33. The number of hydrogen-bond donors (Lipinski definition) is 0. The van der Waals surface area contributed by atoms with E-state index in [9.17, 15) is 4.79 Å². The van der Waals surface area contributed by atoms with Crippen LogP contribution in [0.1, 0.15) is 88.1 Å². The monoisotopic (exact) mass is 439 g/mol. The zero-order valence-electron chi connectivity index (χ0n) is 20.4. The van der Waals surface area contributed by atoms with Crippen molar-refractivity contribution >= 4 is 5.97 Å². The Kier molecular flexibility index (Phi) is 7.43. The Morgan fingerprint density at radius 1 is 0.875 bits per heavy atom. The maximum absolute atomic E-state index is 12.6. The number of hydroxylamine groups is 2. The first-order valence-electron chi connectivity index (χ1n) is 11.4. The summed E-state index contributed by atoms with van der Waals surface area (Å²) in [5.74, 6) is -0.268. The molecule has 2 unspecified atom stereocenters. The van der Waals surface area contributed by atoms with E-state index in [1.54, 1.807) is 19.2 Å². The van der Waals surface area contributed by atoms with Crippen molar-refractivity contribution in [2.24, 2.45) is 0 Å². The molecule has 0 bridgehead atoms. The van der Waals surface area contributed by atoms with E-state index in [1.165, 1.54) is 0 Å². The van der Waals surface area contributed by atoms with Gasteiger partial charge in [0.2, 0.25) is 0 Å². The van der Waals surface area contributed by atoms with Crippen LogP contribution >= 0.6 is 0 Å². The lowest BCUT2D eigenvalue weighted by Crippen LogP contribution is -2.62. The highest BCUT2D eigenvalue weighted by Crippen LogP contribution is 2.42. The number of hydrogen-bond acceptors (Lipinski definition) is 5. The molecule has 0 aromatic heterocycles. The first-order valence-corrected chi connectivity index (χ1v) is 11.4. The number of carbonyl (C=O) groups is 1. The molecular formula is C27H37NO4. The lowest BCUT2D eigenvalue weighted by molar-refractivity contribution is -0.313. The summed E-state index contributed by atoms with van der Waals surface area (Å²) in [5.41, 5.74) is 2.23. The van der Waals surface area contributed by atoms with E-state index < -0.39 is 0 Å². The lowest BCUT2D eigenvalue weighted by Gasteiger charge is -2.54. The summed E-state index contributed by atoms with van der Waals surface area (Å²) >= 11 is 0. The fourth-order valence-corrected chi connectivity index (χ4v) is 4.73. The van der Waals surface area contributed by atoms with Gasteiger partial charge < -0.3 is 9.47 Å². The third-order valence-electron chi connectivity index (χ3n) is 6.33. The highest BCUT2D eigenvalue weighted by molar-refractivity contribution is 5.89. The minimum Gasteiger partial charge on any atom is -0.459 e. The van der Waals surface area contributed by atoms with Crippen molar-refractivity contribution in [3.8, 4) is 0 Å². The van der Waals surface area contributed by atoms with E-state index >= 15 is 0 Å². The van der Waals surface area contributed by atoms with Crippen LogP contribution in [0.15, 0.2) is 54.6 Å². The van der Waals surface area contributed by atoms with Crippen molar-refractivity contribution < 1.29 is 19.1 Å². The molecule has 2 aromatic carbocycles. The summed E-state index contributed by atoms with van der Waals surface area (Å²) in [6.45, 7) is 12.7. The third kappa shape index (κ3) is 5.58. The Hall–Kier alpha value is -2.21. The number of ether oxygens (including phenoxy) is 2. The van der Waals surface area contributed by atoms with Gasteiger partial charge in [-0.1, -0.05) is 42.5 Å². The van der Waals surface area contributed by atoms with Crippen molar-refractivity contribution in [3.63, 3.8) is 0 Å². The molecule has 32 heavy (non-hydrogen) atoms. The SMILES string of the molecule is COC(C)c1ccc(C(C)ON2C(C)(C)CC(OC(=O)c3ccccc3)CC2(C)C)cc1. The maximum Gasteiger partial charge on any atom is 0.338 e. The molecule has 1 heterocycles. The van der Waals surface area contributed by atoms with Gasteiger partial charge in [0.25, 0.3) is 0 Å². The highest BCUT2D eigenvalue weighted by Gasteiger charge is 2.48.